The number of halogens is 1. The molecule has 0 radical (unpaired) electrons. The number of carbonyl (C=O) groups is 1. The molecule has 0 saturated carbocycles. The number of nitrogens with one attached hydrogen (secondary N) is 1. The second kappa shape index (κ2) is 10.7. The van der Waals surface area contributed by atoms with Crippen LogP contribution in [0.5, 0.6) is 11.5 Å². The van der Waals surface area contributed by atoms with Crippen LogP contribution in [0.4, 0.5) is 5.69 Å². The Kier molecular flexibility index (Phi) is 8.59. The standard InChI is InChI=1S/C22H29ClN2O5S/c1-15(2)18-8-6-7-9-20(18)30-13-12-24-22(26)16(3)25(31(5,27)28)19-14-17(23)10-11-21(19)29-4/h6-11,14-16H,12-13H2,1-5H3,(H,24,26). The molecule has 0 bridgehead atoms. The van der Waals surface area contributed by atoms with Crippen molar-refractivity contribution < 1.29 is 22.7 Å². The zero-order valence-electron chi connectivity index (χ0n) is 18.4. The summed E-state index contributed by atoms with van der Waals surface area (Å²) < 4.78 is 37.1. The van der Waals surface area contributed by atoms with Crippen LogP contribution in [0.2, 0.25) is 5.02 Å². The van der Waals surface area contributed by atoms with E-state index in [1.54, 1.807) is 12.1 Å². The maximum absolute atomic E-state index is 12.7. The summed E-state index contributed by atoms with van der Waals surface area (Å²) in [7, 11) is -2.38. The average Bonchev–Trinajstić information content (AvgIpc) is 2.70. The maximum Gasteiger partial charge on any atom is 0.243 e. The third-order valence-electron chi connectivity index (χ3n) is 4.67. The Labute approximate surface area is 189 Å². The predicted molar refractivity (Wildman–Crippen MR) is 124 cm³/mol. The van der Waals surface area contributed by atoms with Gasteiger partial charge in [0.15, 0.2) is 0 Å². The van der Waals surface area contributed by atoms with Crippen LogP contribution < -0.4 is 19.1 Å². The molecule has 0 spiro atoms. The molecule has 0 saturated heterocycles. The van der Waals surface area contributed by atoms with Crippen LogP contribution in [0.3, 0.4) is 0 Å². The van der Waals surface area contributed by atoms with E-state index in [0.29, 0.717) is 16.7 Å². The van der Waals surface area contributed by atoms with Crippen LogP contribution in [-0.4, -0.2) is 46.9 Å². The number of methoxy groups -OCH3 is 1. The quantitative estimate of drug-likeness (QED) is 0.536. The molecule has 0 aromatic heterocycles. The van der Waals surface area contributed by atoms with Gasteiger partial charge in [-0.25, -0.2) is 8.42 Å². The highest BCUT2D eigenvalue weighted by atomic mass is 35.5. The van der Waals surface area contributed by atoms with Crippen molar-refractivity contribution in [2.24, 2.45) is 0 Å². The van der Waals surface area contributed by atoms with Gasteiger partial charge in [0.25, 0.3) is 0 Å². The monoisotopic (exact) mass is 468 g/mol. The summed E-state index contributed by atoms with van der Waals surface area (Å²) in [5, 5.41) is 3.06. The molecule has 9 heteroatoms. The van der Waals surface area contributed by atoms with Crippen molar-refractivity contribution in [1.82, 2.24) is 5.32 Å². The van der Waals surface area contributed by atoms with Crippen molar-refractivity contribution in [3.63, 3.8) is 0 Å². The van der Waals surface area contributed by atoms with Gasteiger partial charge in [-0.1, -0.05) is 43.6 Å². The fraction of sp³-hybridized carbons (Fsp3) is 0.409. The van der Waals surface area contributed by atoms with E-state index in [1.165, 1.54) is 20.1 Å². The number of anilines is 1. The van der Waals surface area contributed by atoms with E-state index in [9.17, 15) is 13.2 Å². The number of hydrogen-bond acceptors (Lipinski definition) is 5. The van der Waals surface area contributed by atoms with Gasteiger partial charge in [-0.2, -0.15) is 0 Å². The van der Waals surface area contributed by atoms with Gasteiger partial charge in [-0.05, 0) is 42.7 Å². The molecule has 0 aliphatic heterocycles. The minimum Gasteiger partial charge on any atom is -0.495 e. The fourth-order valence-corrected chi connectivity index (χ4v) is 4.52. The van der Waals surface area contributed by atoms with Crippen molar-refractivity contribution in [3.8, 4) is 11.5 Å². The molecule has 1 amide bonds. The Hall–Kier alpha value is -2.45. The van der Waals surface area contributed by atoms with Crippen LogP contribution in [0, 0.1) is 0 Å². The first-order chi connectivity index (χ1) is 14.6. The Morgan fingerprint density at radius 3 is 2.42 bits per heavy atom. The van der Waals surface area contributed by atoms with Crippen molar-refractivity contribution in [1.29, 1.82) is 0 Å². The van der Waals surface area contributed by atoms with Gasteiger partial charge in [-0.15, -0.1) is 0 Å². The van der Waals surface area contributed by atoms with Crippen molar-refractivity contribution >= 4 is 33.2 Å². The summed E-state index contributed by atoms with van der Waals surface area (Å²) in [6, 6.07) is 11.3. The highest BCUT2D eigenvalue weighted by Crippen LogP contribution is 2.34. The summed E-state index contributed by atoms with van der Waals surface area (Å²) >= 11 is 6.05. The van der Waals surface area contributed by atoms with Gasteiger partial charge in [0.2, 0.25) is 15.9 Å². The van der Waals surface area contributed by atoms with E-state index in [-0.39, 0.29) is 18.8 Å². The number of nitrogens with zero attached hydrogens (tertiary/aromatic N) is 1. The third-order valence-corrected chi connectivity index (χ3v) is 6.13. The molecule has 0 heterocycles. The second-order valence-electron chi connectivity index (χ2n) is 7.38. The molecule has 1 atom stereocenters. The van der Waals surface area contributed by atoms with Gasteiger partial charge in [-0.3, -0.25) is 9.10 Å². The molecule has 2 aromatic rings. The lowest BCUT2D eigenvalue weighted by Gasteiger charge is -2.29. The summed E-state index contributed by atoms with van der Waals surface area (Å²) in [6.45, 7) is 6.14. The SMILES string of the molecule is COc1ccc(Cl)cc1N(C(C)C(=O)NCCOc1ccccc1C(C)C)S(C)(=O)=O. The number of para-hydroxylation sites is 1. The molecule has 1 N–H and O–H groups in total. The van der Waals surface area contributed by atoms with Crippen LogP contribution >= 0.6 is 11.6 Å². The van der Waals surface area contributed by atoms with E-state index in [4.69, 9.17) is 21.1 Å². The third kappa shape index (κ3) is 6.51. The van der Waals surface area contributed by atoms with Crippen LogP contribution in [-0.2, 0) is 14.8 Å². The molecular weight excluding hydrogens is 440 g/mol. The number of rotatable bonds is 10. The van der Waals surface area contributed by atoms with E-state index < -0.39 is 22.0 Å². The molecule has 0 fully saturated rings. The van der Waals surface area contributed by atoms with Crippen LogP contribution in [0.15, 0.2) is 42.5 Å². The first-order valence-electron chi connectivity index (χ1n) is 9.88. The van der Waals surface area contributed by atoms with Gasteiger partial charge in [0, 0.05) is 5.02 Å². The summed E-state index contributed by atoms with van der Waals surface area (Å²) in [6.07, 6.45) is 1.03. The zero-order valence-corrected chi connectivity index (χ0v) is 20.0. The lowest BCUT2D eigenvalue weighted by atomic mass is 10.0. The zero-order chi connectivity index (χ0) is 23.2. The molecule has 1 unspecified atom stereocenters. The number of hydrogen-bond donors (Lipinski definition) is 1. The number of ether oxygens (including phenoxy) is 2. The van der Waals surface area contributed by atoms with Crippen molar-refractivity contribution in [3.05, 3.63) is 53.1 Å². The largest absolute Gasteiger partial charge is 0.495 e. The Bertz CT molecular complexity index is 1010. The van der Waals surface area contributed by atoms with Gasteiger partial charge in [0.05, 0.1) is 25.6 Å². The minimum atomic E-state index is -3.80. The lowest BCUT2D eigenvalue weighted by molar-refractivity contribution is -0.121. The number of amides is 1. The minimum absolute atomic E-state index is 0.197. The normalized spacial score (nSPS) is 12.4. The molecular formula is C22H29ClN2O5S. The maximum atomic E-state index is 12.7. The number of carbonyl (C=O) groups excluding carboxylic acids is 1. The predicted octanol–water partition coefficient (Wildman–Crippen LogP) is 3.82. The van der Waals surface area contributed by atoms with E-state index in [2.05, 4.69) is 19.2 Å². The van der Waals surface area contributed by atoms with Crippen LogP contribution in [0.1, 0.15) is 32.3 Å². The van der Waals surface area contributed by atoms with E-state index >= 15 is 0 Å². The lowest BCUT2D eigenvalue weighted by Crippen LogP contribution is -2.48. The topological polar surface area (TPSA) is 84.9 Å². The molecule has 0 aliphatic rings. The fourth-order valence-electron chi connectivity index (χ4n) is 3.19. The Morgan fingerprint density at radius 1 is 1.13 bits per heavy atom. The van der Waals surface area contributed by atoms with Gasteiger partial charge >= 0.3 is 0 Å². The number of benzene rings is 2. The highest BCUT2D eigenvalue weighted by Gasteiger charge is 2.31. The summed E-state index contributed by atoms with van der Waals surface area (Å²) in [4.78, 5) is 12.7. The van der Waals surface area contributed by atoms with E-state index in [0.717, 1.165) is 21.9 Å². The van der Waals surface area contributed by atoms with E-state index in [1.807, 2.05) is 24.3 Å². The van der Waals surface area contributed by atoms with Gasteiger partial charge < -0.3 is 14.8 Å². The Morgan fingerprint density at radius 2 is 1.81 bits per heavy atom. The molecule has 2 rings (SSSR count). The average molecular weight is 469 g/mol. The first kappa shape index (κ1) is 24.8. The van der Waals surface area contributed by atoms with Crippen molar-refractivity contribution in [2.45, 2.75) is 32.7 Å². The second-order valence-corrected chi connectivity index (χ2v) is 9.68. The summed E-state index contributed by atoms with van der Waals surface area (Å²) in [5.41, 5.74) is 1.28. The van der Waals surface area contributed by atoms with Gasteiger partial charge in [0.1, 0.15) is 24.1 Å². The summed E-state index contributed by atoms with van der Waals surface area (Å²) in [5.74, 6) is 0.902. The molecule has 2 aromatic carbocycles. The van der Waals surface area contributed by atoms with Crippen molar-refractivity contribution in [2.75, 3.05) is 30.8 Å². The smallest absolute Gasteiger partial charge is 0.243 e. The molecule has 7 nitrogen and oxygen atoms in total. The molecule has 0 aliphatic carbocycles. The number of sulfonamides is 1. The molecule has 170 valence electrons. The molecule has 31 heavy (non-hydrogen) atoms. The Balaban J connectivity index is 2.09. The van der Waals surface area contributed by atoms with Crippen LogP contribution in [0.25, 0.3) is 0 Å². The first-order valence-corrected chi connectivity index (χ1v) is 12.1. The highest BCUT2D eigenvalue weighted by molar-refractivity contribution is 7.92.